The predicted molar refractivity (Wildman–Crippen MR) is 97.1 cm³/mol. The molecule has 0 spiro atoms. The fraction of sp³-hybridized carbons (Fsp3) is 0.222. The first-order valence-corrected chi connectivity index (χ1v) is 9.08. The van der Waals surface area contributed by atoms with Crippen molar-refractivity contribution in [2.24, 2.45) is 0 Å². The third-order valence-corrected chi connectivity index (χ3v) is 4.62. The molecule has 0 fully saturated rings. The van der Waals surface area contributed by atoms with E-state index in [1.54, 1.807) is 13.0 Å². The fourth-order valence-corrected chi connectivity index (χ4v) is 3.01. The number of ether oxygens (including phenoxy) is 2. The highest BCUT2D eigenvalue weighted by Gasteiger charge is 2.28. The second kappa shape index (κ2) is 8.61. The Balaban J connectivity index is 1.66. The molecule has 0 aliphatic carbocycles. The molecule has 0 bridgehead atoms. The van der Waals surface area contributed by atoms with Crippen molar-refractivity contribution in [3.05, 3.63) is 53.0 Å². The molecule has 0 unspecified atom stereocenters. The lowest BCUT2D eigenvalue weighted by Crippen LogP contribution is -2.19. The number of carboxylic acids is 1. The lowest BCUT2D eigenvalue weighted by molar-refractivity contribution is -0.154. The molecule has 12 heteroatoms. The highest BCUT2D eigenvalue weighted by molar-refractivity contribution is 7.06. The van der Waals surface area contributed by atoms with E-state index >= 15 is 0 Å². The van der Waals surface area contributed by atoms with Crippen LogP contribution in [0.2, 0.25) is 0 Å². The smallest absolute Gasteiger partial charge is 0.422 e. The predicted octanol–water partition coefficient (Wildman–Crippen LogP) is 4.52. The minimum atomic E-state index is -4.46. The Kier molecular flexibility index (Phi) is 6.15. The van der Waals surface area contributed by atoms with Crippen LogP contribution in [0.1, 0.15) is 28.4 Å². The molecule has 3 aromatic heterocycles. The number of rotatable bonds is 7. The maximum Gasteiger partial charge on any atom is 0.422 e. The number of hydrogen-bond acceptors (Lipinski definition) is 7. The van der Waals surface area contributed by atoms with Gasteiger partial charge in [0.15, 0.2) is 18.1 Å². The van der Waals surface area contributed by atoms with Gasteiger partial charge in [0, 0.05) is 17.8 Å². The molecule has 0 aromatic carbocycles. The van der Waals surface area contributed by atoms with Gasteiger partial charge in [-0.2, -0.15) is 17.5 Å². The summed E-state index contributed by atoms with van der Waals surface area (Å²) in [7, 11) is 0. The van der Waals surface area contributed by atoms with Crippen molar-refractivity contribution in [3.8, 4) is 22.9 Å². The van der Waals surface area contributed by atoms with Crippen molar-refractivity contribution in [1.29, 1.82) is 0 Å². The van der Waals surface area contributed by atoms with Crippen LogP contribution in [0.3, 0.4) is 0 Å². The molecule has 0 saturated carbocycles. The highest BCUT2D eigenvalue weighted by atomic mass is 32.1. The SMILES string of the molecule is C[C@@H](Oc1ccc(OCC(F)(F)F)nc1)c1cc(-c2cnc(C(=O)O)c(F)c2)ns1. The number of hydrogen-bond donors (Lipinski definition) is 1. The molecule has 158 valence electrons. The number of carbonyl (C=O) groups is 1. The zero-order chi connectivity index (χ0) is 21.9. The van der Waals surface area contributed by atoms with E-state index < -0.39 is 36.4 Å². The van der Waals surface area contributed by atoms with Crippen LogP contribution in [0.25, 0.3) is 11.3 Å². The second-order valence-electron chi connectivity index (χ2n) is 5.97. The summed E-state index contributed by atoms with van der Waals surface area (Å²) >= 11 is 1.09. The molecule has 30 heavy (non-hydrogen) atoms. The summed E-state index contributed by atoms with van der Waals surface area (Å²) in [6, 6.07) is 5.34. The fourth-order valence-electron chi connectivity index (χ4n) is 2.29. The van der Waals surface area contributed by atoms with Gasteiger partial charge in [-0.25, -0.2) is 19.2 Å². The van der Waals surface area contributed by atoms with Crippen LogP contribution in [0.4, 0.5) is 17.6 Å². The molecular weight excluding hydrogens is 430 g/mol. The zero-order valence-corrected chi connectivity index (χ0v) is 16.0. The van der Waals surface area contributed by atoms with E-state index in [0.29, 0.717) is 21.9 Å². The topological polar surface area (TPSA) is 94.4 Å². The van der Waals surface area contributed by atoms with Crippen LogP contribution in [0.5, 0.6) is 11.6 Å². The van der Waals surface area contributed by atoms with Crippen molar-refractivity contribution in [3.63, 3.8) is 0 Å². The Hall–Kier alpha value is -3.28. The molecule has 0 radical (unpaired) electrons. The van der Waals surface area contributed by atoms with Crippen LogP contribution in [-0.2, 0) is 0 Å². The number of aromatic nitrogens is 3. The van der Waals surface area contributed by atoms with E-state index in [4.69, 9.17) is 9.84 Å². The molecule has 0 amide bonds. The first kappa shape index (κ1) is 21.4. The standard InChI is InChI=1S/C18H13F4N3O4S/c1-9(29-11-2-3-15(23-7-11)28-8-18(20,21)22)14-5-13(25-30-14)10-4-12(19)16(17(26)27)24-6-10/h2-7,9H,8H2,1H3,(H,26,27)/t9-/m1/s1. The summed E-state index contributed by atoms with van der Waals surface area (Å²) in [6.07, 6.45) is -2.51. The summed E-state index contributed by atoms with van der Waals surface area (Å²) in [5.74, 6) is -2.33. The van der Waals surface area contributed by atoms with Crippen molar-refractivity contribution in [2.75, 3.05) is 6.61 Å². The van der Waals surface area contributed by atoms with Crippen LogP contribution in [0.15, 0.2) is 36.7 Å². The summed E-state index contributed by atoms with van der Waals surface area (Å²) in [5, 5.41) is 8.83. The highest BCUT2D eigenvalue weighted by Crippen LogP contribution is 2.29. The Morgan fingerprint density at radius 2 is 2.00 bits per heavy atom. The zero-order valence-electron chi connectivity index (χ0n) is 15.2. The Morgan fingerprint density at radius 3 is 2.60 bits per heavy atom. The molecule has 0 saturated heterocycles. The van der Waals surface area contributed by atoms with Gasteiger partial charge in [-0.3, -0.25) is 0 Å². The van der Waals surface area contributed by atoms with Gasteiger partial charge >= 0.3 is 12.1 Å². The van der Waals surface area contributed by atoms with E-state index in [1.807, 2.05) is 0 Å². The second-order valence-corrected chi connectivity index (χ2v) is 6.81. The van der Waals surface area contributed by atoms with Gasteiger partial charge in [-0.15, -0.1) is 0 Å². The van der Waals surface area contributed by atoms with E-state index in [9.17, 15) is 22.4 Å². The largest absolute Gasteiger partial charge is 0.484 e. The van der Waals surface area contributed by atoms with Gasteiger partial charge in [0.05, 0.1) is 16.8 Å². The van der Waals surface area contributed by atoms with Crippen molar-refractivity contribution < 1.29 is 36.9 Å². The van der Waals surface area contributed by atoms with Crippen LogP contribution in [-0.4, -0.2) is 38.2 Å². The average molecular weight is 443 g/mol. The van der Waals surface area contributed by atoms with Crippen LogP contribution < -0.4 is 9.47 Å². The monoisotopic (exact) mass is 443 g/mol. The minimum Gasteiger partial charge on any atom is -0.484 e. The van der Waals surface area contributed by atoms with Gasteiger partial charge in [0.1, 0.15) is 11.9 Å². The number of pyridine rings is 2. The Labute approximate surface area is 171 Å². The normalized spacial score (nSPS) is 12.4. The molecule has 3 rings (SSSR count). The molecule has 1 atom stereocenters. The first-order chi connectivity index (χ1) is 14.1. The van der Waals surface area contributed by atoms with Gasteiger partial charge in [0.2, 0.25) is 5.88 Å². The third-order valence-electron chi connectivity index (χ3n) is 3.67. The molecule has 0 aliphatic heterocycles. The average Bonchev–Trinajstić information content (AvgIpc) is 3.17. The number of halogens is 4. The Morgan fingerprint density at radius 1 is 1.23 bits per heavy atom. The molecule has 0 aliphatic rings. The number of carboxylic acid groups (broad SMARTS) is 1. The molecule has 3 heterocycles. The van der Waals surface area contributed by atoms with Gasteiger partial charge < -0.3 is 14.6 Å². The number of alkyl halides is 3. The van der Waals surface area contributed by atoms with E-state index in [-0.39, 0.29) is 5.88 Å². The maximum absolute atomic E-state index is 13.8. The van der Waals surface area contributed by atoms with Crippen molar-refractivity contribution in [1.82, 2.24) is 14.3 Å². The van der Waals surface area contributed by atoms with Crippen molar-refractivity contribution >= 4 is 17.5 Å². The summed E-state index contributed by atoms with van der Waals surface area (Å²) in [6.45, 7) is 0.279. The summed E-state index contributed by atoms with van der Waals surface area (Å²) < 4.78 is 64.7. The first-order valence-electron chi connectivity index (χ1n) is 8.30. The Bertz CT molecular complexity index is 1040. The lowest BCUT2D eigenvalue weighted by atomic mass is 10.1. The summed E-state index contributed by atoms with van der Waals surface area (Å²) in [5.41, 5.74) is 0.0175. The van der Waals surface area contributed by atoms with E-state index in [1.165, 1.54) is 24.5 Å². The quantitative estimate of drug-likeness (QED) is 0.537. The molecular formula is C18H13F4N3O4S. The molecule has 7 nitrogen and oxygen atoms in total. The summed E-state index contributed by atoms with van der Waals surface area (Å²) in [4.78, 5) is 18.9. The van der Waals surface area contributed by atoms with Gasteiger partial charge in [-0.1, -0.05) is 0 Å². The van der Waals surface area contributed by atoms with Crippen LogP contribution in [0, 0.1) is 5.82 Å². The minimum absolute atomic E-state index is 0.188. The van der Waals surface area contributed by atoms with Gasteiger partial charge in [-0.05, 0) is 36.7 Å². The van der Waals surface area contributed by atoms with Crippen molar-refractivity contribution in [2.45, 2.75) is 19.2 Å². The van der Waals surface area contributed by atoms with E-state index in [2.05, 4.69) is 19.1 Å². The number of aromatic carboxylic acids is 1. The van der Waals surface area contributed by atoms with Gasteiger partial charge in [0.25, 0.3) is 0 Å². The lowest BCUT2D eigenvalue weighted by Gasteiger charge is -2.13. The third kappa shape index (κ3) is 5.41. The molecule has 3 aromatic rings. The maximum atomic E-state index is 13.8. The van der Waals surface area contributed by atoms with Crippen LogP contribution >= 0.6 is 11.5 Å². The molecule has 1 N–H and O–H groups in total. The van der Waals surface area contributed by atoms with E-state index in [0.717, 1.165) is 17.6 Å². The number of nitrogens with zero attached hydrogens (tertiary/aromatic N) is 3.